The van der Waals surface area contributed by atoms with E-state index in [2.05, 4.69) is 0 Å². The number of carbonyl (C=O) groups excluding carboxylic acids is 1. The van der Waals surface area contributed by atoms with Crippen LogP contribution in [0.1, 0.15) is 11.1 Å². The van der Waals surface area contributed by atoms with E-state index in [-0.39, 0.29) is 16.0 Å². The van der Waals surface area contributed by atoms with Gasteiger partial charge in [0.2, 0.25) is 15.9 Å². The fraction of sp³-hybridized carbons (Fsp3) is 0.333. The van der Waals surface area contributed by atoms with Crippen LogP contribution in [-0.4, -0.2) is 38.5 Å². The Hall–Kier alpha value is -2.00. The molecule has 0 heterocycles. The molecule has 3 N–H and O–H groups in total. The first-order valence-corrected chi connectivity index (χ1v) is 7.36. The Morgan fingerprint density at radius 1 is 1.19 bits per heavy atom. The highest BCUT2D eigenvalue weighted by Crippen LogP contribution is 2.20. The van der Waals surface area contributed by atoms with Gasteiger partial charge in [-0.05, 0) is 37.1 Å². The zero-order chi connectivity index (χ0) is 16.2. The van der Waals surface area contributed by atoms with Gasteiger partial charge in [-0.15, -0.1) is 0 Å². The first kappa shape index (κ1) is 17.1. The number of sulfonamides is 1. The van der Waals surface area contributed by atoms with E-state index in [4.69, 9.17) is 5.11 Å². The molecule has 0 aromatic heterocycles. The Kier molecular flexibility index (Phi) is 5.39. The van der Waals surface area contributed by atoms with Crippen molar-refractivity contribution >= 4 is 21.9 Å². The minimum absolute atomic E-state index is 0.102. The third-order valence-corrected chi connectivity index (χ3v) is 4.26. The molecule has 0 unspecified atom stereocenters. The topological polar surface area (TPSA) is 113 Å². The van der Waals surface area contributed by atoms with Crippen LogP contribution < -0.4 is 10.0 Å². The van der Waals surface area contributed by atoms with Crippen LogP contribution in [0.15, 0.2) is 17.0 Å². The lowest BCUT2D eigenvalue weighted by atomic mass is 10.1. The van der Waals surface area contributed by atoms with Crippen molar-refractivity contribution in [3.63, 3.8) is 0 Å². The number of benzene rings is 1. The summed E-state index contributed by atoms with van der Waals surface area (Å²) in [6.45, 7) is 1.67. The summed E-state index contributed by atoms with van der Waals surface area (Å²) < 4.78 is 39.4. The Bertz CT molecular complexity index is 649. The summed E-state index contributed by atoms with van der Waals surface area (Å²) in [5.41, 5.74) is 0.428. The molecule has 0 spiro atoms. The van der Waals surface area contributed by atoms with Gasteiger partial charge in [0, 0.05) is 0 Å². The first-order chi connectivity index (χ1) is 9.63. The molecule has 0 saturated carbocycles. The van der Waals surface area contributed by atoms with Gasteiger partial charge in [0.15, 0.2) is 0 Å². The molecule has 0 atom stereocenters. The van der Waals surface area contributed by atoms with Crippen LogP contribution in [0.4, 0.5) is 4.39 Å². The zero-order valence-electron chi connectivity index (χ0n) is 11.4. The van der Waals surface area contributed by atoms with Crippen LogP contribution in [0.3, 0.4) is 0 Å². The SMILES string of the molecule is Cc1cc(F)cc(C)c1S(=O)(=O)NCC(=O)NCC(=O)O. The van der Waals surface area contributed by atoms with Crippen LogP contribution in [-0.2, 0) is 19.6 Å². The third kappa shape index (κ3) is 4.80. The van der Waals surface area contributed by atoms with Crippen molar-refractivity contribution in [2.75, 3.05) is 13.1 Å². The lowest BCUT2D eigenvalue weighted by Crippen LogP contribution is -2.39. The average molecular weight is 318 g/mol. The molecule has 1 aromatic rings. The van der Waals surface area contributed by atoms with E-state index in [1.807, 2.05) is 10.0 Å². The van der Waals surface area contributed by atoms with Crippen molar-refractivity contribution in [2.45, 2.75) is 18.7 Å². The van der Waals surface area contributed by atoms with Crippen LogP contribution in [0, 0.1) is 19.7 Å². The van der Waals surface area contributed by atoms with Gasteiger partial charge in [-0.2, -0.15) is 0 Å². The maximum absolute atomic E-state index is 13.2. The summed E-state index contributed by atoms with van der Waals surface area (Å²) >= 11 is 0. The van der Waals surface area contributed by atoms with Crippen molar-refractivity contribution in [2.24, 2.45) is 0 Å². The maximum Gasteiger partial charge on any atom is 0.322 e. The molecule has 1 aromatic carbocycles. The lowest BCUT2D eigenvalue weighted by Gasteiger charge is -2.12. The van der Waals surface area contributed by atoms with E-state index in [9.17, 15) is 22.4 Å². The number of amides is 1. The van der Waals surface area contributed by atoms with Crippen LogP contribution in [0.5, 0.6) is 0 Å². The maximum atomic E-state index is 13.2. The number of carbonyl (C=O) groups is 2. The molecule has 7 nitrogen and oxygen atoms in total. The number of hydrogen-bond acceptors (Lipinski definition) is 4. The molecule has 0 aliphatic carbocycles. The molecule has 1 amide bonds. The number of rotatable bonds is 6. The molecule has 0 aliphatic heterocycles. The van der Waals surface area contributed by atoms with Crippen molar-refractivity contribution in [1.29, 1.82) is 0 Å². The molecule has 116 valence electrons. The molecular weight excluding hydrogens is 303 g/mol. The smallest absolute Gasteiger partial charge is 0.322 e. The first-order valence-electron chi connectivity index (χ1n) is 5.88. The van der Waals surface area contributed by atoms with Gasteiger partial charge in [0.1, 0.15) is 12.4 Å². The van der Waals surface area contributed by atoms with E-state index in [0.717, 1.165) is 12.1 Å². The molecule has 0 bridgehead atoms. The molecule has 21 heavy (non-hydrogen) atoms. The predicted molar refractivity (Wildman–Crippen MR) is 71.7 cm³/mol. The van der Waals surface area contributed by atoms with Gasteiger partial charge in [0.05, 0.1) is 11.4 Å². The van der Waals surface area contributed by atoms with Crippen molar-refractivity contribution < 1.29 is 27.5 Å². The molecule has 9 heteroatoms. The normalized spacial score (nSPS) is 11.2. The average Bonchev–Trinajstić information content (AvgIpc) is 2.32. The summed E-state index contributed by atoms with van der Waals surface area (Å²) in [5, 5.41) is 10.4. The number of carboxylic acids is 1. The largest absolute Gasteiger partial charge is 0.480 e. The van der Waals surface area contributed by atoms with E-state index in [1.165, 1.54) is 13.8 Å². The van der Waals surface area contributed by atoms with Crippen molar-refractivity contribution in [3.8, 4) is 0 Å². The van der Waals surface area contributed by atoms with Gasteiger partial charge >= 0.3 is 5.97 Å². The number of aliphatic carboxylic acids is 1. The summed E-state index contributed by atoms with van der Waals surface area (Å²) in [7, 11) is -4.00. The van der Waals surface area contributed by atoms with Crippen LogP contribution in [0.25, 0.3) is 0 Å². The molecule has 0 aliphatic rings. The molecule has 0 saturated heterocycles. The summed E-state index contributed by atoms with van der Waals surface area (Å²) in [6.07, 6.45) is 0. The van der Waals surface area contributed by atoms with Gasteiger partial charge in [-0.3, -0.25) is 9.59 Å². The second-order valence-corrected chi connectivity index (χ2v) is 6.07. The minimum atomic E-state index is -4.00. The molecule has 0 radical (unpaired) electrons. The fourth-order valence-electron chi connectivity index (χ4n) is 1.79. The Morgan fingerprint density at radius 3 is 2.19 bits per heavy atom. The number of halogens is 1. The predicted octanol–water partition coefficient (Wildman–Crippen LogP) is -0.0784. The number of nitrogens with one attached hydrogen (secondary N) is 2. The van der Waals surface area contributed by atoms with Crippen LogP contribution >= 0.6 is 0 Å². The Balaban J connectivity index is 2.84. The second kappa shape index (κ2) is 6.64. The highest BCUT2D eigenvalue weighted by Gasteiger charge is 2.21. The van der Waals surface area contributed by atoms with Gasteiger partial charge in [-0.25, -0.2) is 17.5 Å². The van der Waals surface area contributed by atoms with E-state index >= 15 is 0 Å². The Labute approximate surface area is 121 Å². The molecule has 0 fully saturated rings. The van der Waals surface area contributed by atoms with Crippen molar-refractivity contribution in [3.05, 3.63) is 29.1 Å². The van der Waals surface area contributed by atoms with Gasteiger partial charge in [0.25, 0.3) is 0 Å². The van der Waals surface area contributed by atoms with E-state index in [1.54, 1.807) is 0 Å². The molecular formula is C12H15FN2O5S. The highest BCUT2D eigenvalue weighted by molar-refractivity contribution is 7.89. The minimum Gasteiger partial charge on any atom is -0.480 e. The third-order valence-electron chi connectivity index (χ3n) is 2.55. The Morgan fingerprint density at radius 2 is 1.71 bits per heavy atom. The molecule has 1 rings (SSSR count). The second-order valence-electron chi connectivity index (χ2n) is 4.36. The van der Waals surface area contributed by atoms with Crippen molar-refractivity contribution in [1.82, 2.24) is 10.0 Å². The van der Waals surface area contributed by atoms with E-state index < -0.39 is 40.8 Å². The summed E-state index contributed by atoms with van der Waals surface area (Å²) in [4.78, 5) is 21.4. The number of carboxylic acid groups (broad SMARTS) is 1. The standard InChI is InChI=1S/C12H15FN2O5S/c1-7-3-9(13)4-8(2)12(7)21(19,20)15-5-10(16)14-6-11(17)18/h3-4,15H,5-6H2,1-2H3,(H,14,16)(H,17,18). The summed E-state index contributed by atoms with van der Waals surface area (Å²) in [5.74, 6) is -2.57. The monoisotopic (exact) mass is 318 g/mol. The number of aryl methyl sites for hydroxylation is 2. The van der Waals surface area contributed by atoms with Gasteiger partial charge < -0.3 is 10.4 Å². The fourth-order valence-corrected chi connectivity index (χ4v) is 3.22. The number of hydrogen-bond donors (Lipinski definition) is 3. The quantitative estimate of drug-likeness (QED) is 0.679. The van der Waals surface area contributed by atoms with Gasteiger partial charge in [-0.1, -0.05) is 0 Å². The zero-order valence-corrected chi connectivity index (χ0v) is 12.3. The summed E-state index contributed by atoms with van der Waals surface area (Å²) in [6, 6.07) is 2.15. The lowest BCUT2D eigenvalue weighted by molar-refractivity contribution is -0.137. The van der Waals surface area contributed by atoms with Crippen LogP contribution in [0.2, 0.25) is 0 Å². The highest BCUT2D eigenvalue weighted by atomic mass is 32.2. The van der Waals surface area contributed by atoms with E-state index in [0.29, 0.717) is 0 Å².